The van der Waals surface area contributed by atoms with Gasteiger partial charge in [0.15, 0.2) is 0 Å². The first-order valence-corrected chi connectivity index (χ1v) is 13.9. The molecule has 0 fully saturated rings. The average Bonchev–Trinajstić information content (AvgIpc) is 3.33. The first-order valence-electron chi connectivity index (χ1n) is 13.9. The van der Waals surface area contributed by atoms with Crippen LogP contribution in [0.1, 0.15) is 60.9 Å². The molecule has 1 aromatic heterocycles. The number of hydrogen-bond acceptors (Lipinski definition) is 2. The molecule has 1 atom stereocenters. The highest BCUT2D eigenvalue weighted by molar-refractivity contribution is 5.87. The van der Waals surface area contributed by atoms with E-state index in [1.165, 1.54) is 22.1 Å². The summed E-state index contributed by atoms with van der Waals surface area (Å²) in [5, 5.41) is 4.33. The zero-order valence-electron chi connectivity index (χ0n) is 23.9. The van der Waals surface area contributed by atoms with Crippen molar-refractivity contribution in [1.82, 2.24) is 9.88 Å². The van der Waals surface area contributed by atoms with Gasteiger partial charge in [0.2, 0.25) is 5.91 Å². The van der Waals surface area contributed by atoms with Crippen LogP contribution >= 0.6 is 0 Å². The van der Waals surface area contributed by atoms with Gasteiger partial charge in [0.05, 0.1) is 7.11 Å². The number of ether oxygens (including phenoxy) is 1. The third kappa shape index (κ3) is 6.28. The van der Waals surface area contributed by atoms with Crippen molar-refractivity contribution in [3.63, 3.8) is 0 Å². The number of carbonyl (C=O) groups excluding carboxylic acids is 1. The molecule has 0 saturated heterocycles. The van der Waals surface area contributed by atoms with E-state index in [-0.39, 0.29) is 17.2 Å². The lowest BCUT2D eigenvalue weighted by Crippen LogP contribution is -2.25. The number of rotatable bonds is 9. The lowest BCUT2D eigenvalue weighted by Gasteiger charge is -2.22. The van der Waals surface area contributed by atoms with Crippen LogP contribution in [-0.4, -0.2) is 17.6 Å². The van der Waals surface area contributed by atoms with Crippen molar-refractivity contribution in [3.05, 3.63) is 137 Å². The number of nitrogens with zero attached hydrogens (tertiary/aromatic N) is 1. The van der Waals surface area contributed by atoms with E-state index < -0.39 is 0 Å². The van der Waals surface area contributed by atoms with Crippen LogP contribution in [0.25, 0.3) is 10.9 Å². The molecule has 0 radical (unpaired) electrons. The number of para-hydroxylation sites is 1. The van der Waals surface area contributed by atoms with Crippen molar-refractivity contribution in [2.75, 3.05) is 7.11 Å². The fourth-order valence-electron chi connectivity index (χ4n) is 5.29. The van der Waals surface area contributed by atoms with Crippen molar-refractivity contribution in [3.8, 4) is 5.75 Å². The Balaban J connectivity index is 1.50. The summed E-state index contributed by atoms with van der Waals surface area (Å²) in [7, 11) is 1.69. The fourth-order valence-corrected chi connectivity index (χ4v) is 5.29. The Morgan fingerprint density at radius 2 is 1.50 bits per heavy atom. The van der Waals surface area contributed by atoms with Crippen LogP contribution in [-0.2, 0) is 23.3 Å². The standard InChI is InChI=1S/C36H38N2O2/c1-36(2,3)29-18-16-28(17-19-29)32(22-35(39)37-23-26-10-6-5-7-11-26)33-25-38(34-13-9-8-12-31(33)34)24-27-14-20-30(40-4)21-15-27/h5-21,25,32H,22-24H2,1-4H3,(H,37,39)/t32-/m1/s1. The van der Waals surface area contributed by atoms with E-state index in [2.05, 4.69) is 97.5 Å². The van der Waals surface area contributed by atoms with Crippen LogP contribution in [0, 0.1) is 0 Å². The van der Waals surface area contributed by atoms with Crippen molar-refractivity contribution >= 4 is 16.8 Å². The molecule has 4 nitrogen and oxygen atoms in total. The number of hydrogen-bond donors (Lipinski definition) is 1. The molecule has 0 spiro atoms. The van der Waals surface area contributed by atoms with Gasteiger partial charge in [-0.3, -0.25) is 4.79 Å². The van der Waals surface area contributed by atoms with Crippen molar-refractivity contribution < 1.29 is 9.53 Å². The zero-order valence-corrected chi connectivity index (χ0v) is 23.9. The molecule has 0 aliphatic rings. The molecular formula is C36H38N2O2. The van der Waals surface area contributed by atoms with Crippen LogP contribution in [0.4, 0.5) is 0 Å². The van der Waals surface area contributed by atoms with E-state index in [9.17, 15) is 4.79 Å². The van der Waals surface area contributed by atoms with Gasteiger partial charge in [-0.05, 0) is 51.4 Å². The van der Waals surface area contributed by atoms with E-state index in [1.54, 1.807) is 7.11 Å². The van der Waals surface area contributed by atoms with E-state index in [0.717, 1.165) is 28.9 Å². The molecule has 0 aliphatic heterocycles. The van der Waals surface area contributed by atoms with Gasteiger partial charge in [0.25, 0.3) is 0 Å². The van der Waals surface area contributed by atoms with Crippen molar-refractivity contribution in [2.45, 2.75) is 51.6 Å². The van der Waals surface area contributed by atoms with E-state index in [1.807, 2.05) is 42.5 Å². The van der Waals surface area contributed by atoms with Crippen LogP contribution in [0.3, 0.4) is 0 Å². The van der Waals surface area contributed by atoms with E-state index in [0.29, 0.717) is 13.0 Å². The quantitative estimate of drug-likeness (QED) is 0.211. The van der Waals surface area contributed by atoms with E-state index >= 15 is 0 Å². The summed E-state index contributed by atoms with van der Waals surface area (Å²) in [6.07, 6.45) is 2.61. The maximum absolute atomic E-state index is 13.4. The number of aromatic nitrogens is 1. The maximum Gasteiger partial charge on any atom is 0.221 e. The number of fused-ring (bicyclic) bond motifs is 1. The van der Waals surface area contributed by atoms with Crippen molar-refractivity contribution in [2.24, 2.45) is 0 Å². The molecule has 0 aliphatic carbocycles. The van der Waals surface area contributed by atoms with Gasteiger partial charge in [-0.25, -0.2) is 0 Å². The first-order chi connectivity index (χ1) is 19.3. The second-order valence-electron chi connectivity index (χ2n) is 11.5. The summed E-state index contributed by atoms with van der Waals surface area (Å²) in [6.45, 7) is 7.94. The van der Waals surface area contributed by atoms with Crippen LogP contribution in [0.2, 0.25) is 0 Å². The molecule has 1 heterocycles. The number of carbonyl (C=O) groups is 1. The van der Waals surface area contributed by atoms with Gasteiger partial charge in [0, 0.05) is 42.5 Å². The molecule has 5 aromatic rings. The topological polar surface area (TPSA) is 43.3 Å². The summed E-state index contributed by atoms with van der Waals surface area (Å²) in [4.78, 5) is 13.4. The molecular weight excluding hydrogens is 492 g/mol. The van der Waals surface area contributed by atoms with Crippen molar-refractivity contribution in [1.29, 1.82) is 0 Å². The Morgan fingerprint density at radius 3 is 2.17 bits per heavy atom. The summed E-state index contributed by atoms with van der Waals surface area (Å²) in [6, 6.07) is 35.6. The molecule has 1 amide bonds. The SMILES string of the molecule is COc1ccc(Cn2cc([C@H](CC(=O)NCc3ccccc3)c3ccc(C(C)(C)C)cc3)c3ccccc32)cc1. The molecule has 0 unspecified atom stereocenters. The molecule has 5 rings (SSSR count). The Kier molecular flexibility index (Phi) is 8.06. The number of amides is 1. The van der Waals surface area contributed by atoms with Gasteiger partial charge in [-0.2, -0.15) is 0 Å². The lowest BCUT2D eigenvalue weighted by molar-refractivity contribution is -0.121. The molecule has 0 bridgehead atoms. The largest absolute Gasteiger partial charge is 0.497 e. The first kappa shape index (κ1) is 27.3. The molecule has 0 saturated carbocycles. The Labute approximate surface area is 237 Å². The normalized spacial score (nSPS) is 12.3. The number of benzene rings is 4. The number of nitrogens with one attached hydrogen (secondary N) is 1. The van der Waals surface area contributed by atoms with Gasteiger partial charge >= 0.3 is 0 Å². The summed E-state index contributed by atoms with van der Waals surface area (Å²) >= 11 is 0. The minimum Gasteiger partial charge on any atom is -0.497 e. The lowest BCUT2D eigenvalue weighted by atomic mass is 9.83. The highest BCUT2D eigenvalue weighted by atomic mass is 16.5. The fraction of sp³-hybridized carbons (Fsp3) is 0.250. The molecule has 204 valence electrons. The minimum atomic E-state index is -0.0770. The maximum atomic E-state index is 13.4. The molecule has 1 N–H and O–H groups in total. The van der Waals surface area contributed by atoms with E-state index in [4.69, 9.17) is 4.74 Å². The van der Waals surface area contributed by atoms with Gasteiger partial charge in [0.1, 0.15) is 5.75 Å². The van der Waals surface area contributed by atoms with Crippen LogP contribution < -0.4 is 10.1 Å². The Morgan fingerprint density at radius 1 is 0.825 bits per heavy atom. The highest BCUT2D eigenvalue weighted by Crippen LogP contribution is 2.36. The highest BCUT2D eigenvalue weighted by Gasteiger charge is 2.24. The third-order valence-corrected chi connectivity index (χ3v) is 7.61. The molecule has 4 heteroatoms. The second kappa shape index (κ2) is 11.8. The summed E-state index contributed by atoms with van der Waals surface area (Å²) in [5.74, 6) is 0.814. The molecule has 40 heavy (non-hydrogen) atoms. The monoisotopic (exact) mass is 530 g/mol. The summed E-state index contributed by atoms with van der Waals surface area (Å²) < 4.78 is 7.64. The number of methoxy groups -OCH3 is 1. The predicted molar refractivity (Wildman–Crippen MR) is 164 cm³/mol. The Hall–Kier alpha value is -4.31. The second-order valence-corrected chi connectivity index (χ2v) is 11.5. The van der Waals surface area contributed by atoms with Crippen LogP contribution in [0.5, 0.6) is 5.75 Å². The van der Waals surface area contributed by atoms with Gasteiger partial charge in [-0.15, -0.1) is 0 Å². The molecule has 4 aromatic carbocycles. The predicted octanol–water partition coefficient (Wildman–Crippen LogP) is 7.83. The van der Waals surface area contributed by atoms with Gasteiger partial charge in [-0.1, -0.05) is 106 Å². The third-order valence-electron chi connectivity index (χ3n) is 7.61. The Bertz CT molecular complexity index is 1560. The minimum absolute atomic E-state index is 0.0423. The van der Waals surface area contributed by atoms with Gasteiger partial charge < -0.3 is 14.6 Å². The average molecular weight is 531 g/mol. The smallest absolute Gasteiger partial charge is 0.221 e. The summed E-state index contributed by atoms with van der Waals surface area (Å²) in [5.41, 5.74) is 7.12. The van der Waals surface area contributed by atoms with Crippen LogP contribution in [0.15, 0.2) is 109 Å². The zero-order chi connectivity index (χ0) is 28.1.